The van der Waals surface area contributed by atoms with Crippen molar-refractivity contribution in [2.24, 2.45) is 0 Å². The number of hydrogen-bond donors (Lipinski definition) is 0. The largest absolute Gasteiger partial charge is 0.268 e. The number of benzene rings is 1. The Bertz CT molecular complexity index is 433. The van der Waals surface area contributed by atoms with Crippen LogP contribution in [0.4, 0.5) is 0 Å². The normalized spacial score (nSPS) is 8.17. The lowest BCUT2D eigenvalue weighted by Crippen LogP contribution is -2.07. The van der Waals surface area contributed by atoms with E-state index in [0.717, 1.165) is 5.22 Å². The molecule has 0 saturated heterocycles. The molecule has 0 fully saturated rings. The Hall–Kier alpha value is -2.06. The van der Waals surface area contributed by atoms with Crippen LogP contribution in [-0.4, -0.2) is 0 Å². The molecule has 0 aliphatic rings. The van der Waals surface area contributed by atoms with Crippen molar-refractivity contribution in [1.82, 2.24) is 0 Å². The van der Waals surface area contributed by atoms with Crippen molar-refractivity contribution < 1.29 is 0 Å². The molecule has 0 N–H and O–H groups in total. The molecule has 0 radical (unpaired) electrons. The summed E-state index contributed by atoms with van der Waals surface area (Å²) in [4.78, 5) is 3.09. The zero-order valence-electron chi connectivity index (χ0n) is 6.41. The Morgan fingerprint density at radius 2 is 2.00 bits per heavy atom. The van der Waals surface area contributed by atoms with Crippen LogP contribution in [0.3, 0.4) is 0 Å². The fourth-order valence-electron chi connectivity index (χ4n) is 0.817. The van der Waals surface area contributed by atoms with Crippen molar-refractivity contribution in [1.29, 1.82) is 5.26 Å². The predicted molar refractivity (Wildman–Crippen MR) is 46.8 cm³/mol. The van der Waals surface area contributed by atoms with Crippen LogP contribution in [0.2, 0.25) is 0 Å². The molecule has 2 nitrogen and oxygen atoms in total. The van der Waals surface area contributed by atoms with Crippen LogP contribution >= 0.6 is 0 Å². The standard InChI is InChI=1S/C10H6N2/c1-8-3-5-9(6-4-8)10(7-11)12-2/h3-6H,1H2. The van der Waals surface area contributed by atoms with E-state index in [1.165, 1.54) is 0 Å². The van der Waals surface area contributed by atoms with Gasteiger partial charge < -0.3 is 0 Å². The molecule has 0 aliphatic carbocycles. The summed E-state index contributed by atoms with van der Waals surface area (Å²) in [6.45, 7) is 10.4. The topological polar surface area (TPSA) is 28.1 Å². The lowest BCUT2D eigenvalue weighted by Gasteiger charge is -1.85. The zero-order chi connectivity index (χ0) is 8.97. The summed E-state index contributed by atoms with van der Waals surface area (Å²) in [6, 6.07) is 8.82. The summed E-state index contributed by atoms with van der Waals surface area (Å²) in [6.07, 6.45) is 0. The van der Waals surface area contributed by atoms with Gasteiger partial charge in [0.2, 0.25) is 0 Å². The molecule has 56 valence electrons. The van der Waals surface area contributed by atoms with Crippen molar-refractivity contribution in [3.05, 3.63) is 46.1 Å². The van der Waals surface area contributed by atoms with Gasteiger partial charge in [0.25, 0.3) is 5.70 Å². The summed E-state index contributed by atoms with van der Waals surface area (Å²) in [7, 11) is 0. The van der Waals surface area contributed by atoms with Crippen LogP contribution < -0.4 is 10.4 Å². The van der Waals surface area contributed by atoms with Gasteiger partial charge in [-0.05, 0) is 10.4 Å². The molecule has 0 aliphatic heterocycles. The first-order valence-corrected chi connectivity index (χ1v) is 3.35. The van der Waals surface area contributed by atoms with Crippen LogP contribution in [0.1, 0.15) is 0 Å². The molecule has 0 bridgehead atoms. The Balaban J connectivity index is 3.51. The van der Waals surface area contributed by atoms with Gasteiger partial charge >= 0.3 is 0 Å². The number of rotatable bonds is 0. The summed E-state index contributed by atoms with van der Waals surface area (Å²) < 4.78 is 0. The lowest BCUT2D eigenvalue weighted by molar-refractivity contribution is 1.50. The van der Waals surface area contributed by atoms with Crippen molar-refractivity contribution >= 4 is 12.3 Å². The van der Waals surface area contributed by atoms with Gasteiger partial charge in [-0.2, -0.15) is 0 Å². The van der Waals surface area contributed by atoms with Gasteiger partial charge in [0.05, 0.1) is 12.6 Å². The highest BCUT2D eigenvalue weighted by molar-refractivity contribution is 5.65. The maximum absolute atomic E-state index is 8.53. The van der Waals surface area contributed by atoms with Crippen molar-refractivity contribution in [3.8, 4) is 6.07 Å². The summed E-state index contributed by atoms with van der Waals surface area (Å²) in [5, 5.41) is 10.1. The van der Waals surface area contributed by atoms with Crippen molar-refractivity contribution in [3.63, 3.8) is 0 Å². The summed E-state index contributed by atoms with van der Waals surface area (Å²) in [5.41, 5.74) is 0.120. The smallest absolute Gasteiger partial charge is 0.226 e. The van der Waals surface area contributed by atoms with Crippen molar-refractivity contribution in [2.75, 3.05) is 0 Å². The first-order chi connectivity index (χ1) is 5.77. The highest BCUT2D eigenvalue weighted by Gasteiger charge is 1.91. The van der Waals surface area contributed by atoms with Gasteiger partial charge in [0.1, 0.15) is 0 Å². The van der Waals surface area contributed by atoms with Gasteiger partial charge in [-0.3, -0.25) is 0 Å². The molecule has 1 aromatic carbocycles. The third kappa shape index (κ3) is 1.51. The van der Waals surface area contributed by atoms with Crippen LogP contribution in [-0.2, 0) is 0 Å². The molecule has 0 aromatic heterocycles. The zero-order valence-corrected chi connectivity index (χ0v) is 6.41. The van der Waals surface area contributed by atoms with Gasteiger partial charge in [0.15, 0.2) is 0 Å². The predicted octanol–water partition coefficient (Wildman–Crippen LogP) is 0.648. The Kier molecular flexibility index (Phi) is 2.26. The molecule has 12 heavy (non-hydrogen) atoms. The van der Waals surface area contributed by atoms with Gasteiger partial charge in [0, 0.05) is 0 Å². The second-order valence-corrected chi connectivity index (χ2v) is 2.27. The second kappa shape index (κ2) is 3.37. The molecular formula is C10H6N2. The van der Waals surface area contributed by atoms with E-state index in [0.29, 0.717) is 5.22 Å². The molecule has 0 heterocycles. The Morgan fingerprint density at radius 1 is 1.42 bits per heavy atom. The van der Waals surface area contributed by atoms with Gasteiger partial charge in [-0.1, -0.05) is 30.8 Å². The number of nitrogens with zero attached hydrogens (tertiary/aromatic N) is 2. The van der Waals surface area contributed by atoms with Crippen LogP contribution in [0, 0.1) is 17.9 Å². The van der Waals surface area contributed by atoms with Crippen LogP contribution in [0.5, 0.6) is 0 Å². The van der Waals surface area contributed by atoms with E-state index in [1.54, 1.807) is 24.3 Å². The molecule has 0 spiro atoms. The molecule has 0 saturated carbocycles. The number of hydrogen-bond acceptors (Lipinski definition) is 1. The minimum atomic E-state index is 0.120. The number of nitriles is 1. The first-order valence-electron chi connectivity index (χ1n) is 3.35. The van der Waals surface area contributed by atoms with Crippen LogP contribution in [0.25, 0.3) is 17.1 Å². The van der Waals surface area contributed by atoms with Gasteiger partial charge in [-0.15, -0.1) is 0 Å². The SMILES string of the molecule is [C-]#[N+]C(C#N)=c1ccc(=C)cc1. The van der Waals surface area contributed by atoms with Gasteiger partial charge in [-0.25, -0.2) is 10.1 Å². The average molecular weight is 154 g/mol. The second-order valence-electron chi connectivity index (χ2n) is 2.27. The minimum Gasteiger partial charge on any atom is -0.226 e. The molecule has 0 unspecified atom stereocenters. The van der Waals surface area contributed by atoms with Crippen molar-refractivity contribution in [2.45, 2.75) is 0 Å². The van der Waals surface area contributed by atoms with Crippen LogP contribution in [0.15, 0.2) is 24.3 Å². The monoisotopic (exact) mass is 154 g/mol. The third-order valence-electron chi connectivity index (χ3n) is 1.45. The summed E-state index contributed by atoms with van der Waals surface area (Å²) >= 11 is 0. The summed E-state index contributed by atoms with van der Waals surface area (Å²) in [5.74, 6) is 0. The maximum atomic E-state index is 8.53. The van der Waals surface area contributed by atoms with E-state index in [-0.39, 0.29) is 5.70 Å². The fraction of sp³-hybridized carbons (Fsp3) is 0. The molecular weight excluding hydrogens is 148 g/mol. The molecule has 0 atom stereocenters. The quantitative estimate of drug-likeness (QED) is 0.504. The third-order valence-corrected chi connectivity index (χ3v) is 1.45. The maximum Gasteiger partial charge on any atom is 0.268 e. The molecule has 0 amide bonds. The molecule has 1 aromatic rings. The van der Waals surface area contributed by atoms with E-state index < -0.39 is 0 Å². The van der Waals surface area contributed by atoms with E-state index in [9.17, 15) is 0 Å². The molecule has 1 rings (SSSR count). The van der Waals surface area contributed by atoms with E-state index >= 15 is 0 Å². The van der Waals surface area contributed by atoms with E-state index in [4.69, 9.17) is 11.8 Å². The average Bonchev–Trinajstić information content (AvgIpc) is 2.10. The van der Waals surface area contributed by atoms with E-state index in [1.807, 2.05) is 6.07 Å². The lowest BCUT2D eigenvalue weighted by atomic mass is 10.2. The Labute approximate surface area is 70.5 Å². The fourth-order valence-corrected chi connectivity index (χ4v) is 0.817. The Morgan fingerprint density at radius 3 is 2.42 bits per heavy atom. The highest BCUT2D eigenvalue weighted by Crippen LogP contribution is 1.89. The molecule has 2 heteroatoms. The van der Waals surface area contributed by atoms with E-state index in [2.05, 4.69) is 11.4 Å². The highest BCUT2D eigenvalue weighted by atomic mass is 14.7. The first kappa shape index (κ1) is 8.04. The minimum absolute atomic E-state index is 0.120.